The summed E-state index contributed by atoms with van der Waals surface area (Å²) in [6.07, 6.45) is 1.32. The number of hydrogen-bond donors (Lipinski definition) is 2. The van der Waals surface area contributed by atoms with Gasteiger partial charge in [0.05, 0.1) is 12.1 Å². The third-order valence-electron chi connectivity index (χ3n) is 3.04. The number of carboxylic acid groups (broad SMARTS) is 1. The van der Waals surface area contributed by atoms with Gasteiger partial charge < -0.3 is 9.52 Å². The number of aliphatic carboxylic acids is 1. The molecule has 19 heavy (non-hydrogen) atoms. The van der Waals surface area contributed by atoms with E-state index in [1.54, 1.807) is 0 Å². The maximum absolute atomic E-state index is 10.7. The molecule has 6 heteroatoms. The molecule has 0 fully saturated rings. The summed E-state index contributed by atoms with van der Waals surface area (Å²) in [5.41, 5.74) is 4.51. The molecule has 0 atom stereocenters. The van der Waals surface area contributed by atoms with E-state index in [4.69, 9.17) is 9.52 Å². The minimum atomic E-state index is -0.885. The molecule has 0 aliphatic heterocycles. The van der Waals surface area contributed by atoms with Crippen molar-refractivity contribution in [2.75, 3.05) is 0 Å². The van der Waals surface area contributed by atoms with Crippen molar-refractivity contribution in [3.63, 3.8) is 0 Å². The van der Waals surface area contributed by atoms with E-state index < -0.39 is 5.97 Å². The molecule has 2 N–H and O–H groups in total. The van der Waals surface area contributed by atoms with Crippen LogP contribution in [0.2, 0.25) is 0 Å². The van der Waals surface area contributed by atoms with Gasteiger partial charge in [-0.1, -0.05) is 6.07 Å². The lowest BCUT2D eigenvalue weighted by molar-refractivity contribution is -0.136. The Hall–Kier alpha value is -2.63. The fourth-order valence-corrected chi connectivity index (χ4v) is 2.04. The Bertz CT molecular complexity index is 757. The molecule has 2 aromatic heterocycles. The summed E-state index contributed by atoms with van der Waals surface area (Å²) in [5.74, 6) is -0.885. The van der Waals surface area contributed by atoms with Crippen molar-refractivity contribution in [1.29, 1.82) is 0 Å². The lowest BCUT2D eigenvalue weighted by atomic mass is 10.1. The molecule has 0 saturated carbocycles. The molecule has 1 aromatic carbocycles. The summed E-state index contributed by atoms with van der Waals surface area (Å²) in [7, 11) is 0. The van der Waals surface area contributed by atoms with Crippen molar-refractivity contribution in [2.45, 2.75) is 13.3 Å². The quantitative estimate of drug-likeness (QED) is 0.750. The molecule has 3 rings (SSSR count). The van der Waals surface area contributed by atoms with Gasteiger partial charge in [0, 0.05) is 11.3 Å². The summed E-state index contributed by atoms with van der Waals surface area (Å²) in [4.78, 5) is 14.8. The number of H-pyrrole nitrogens is 1. The Balaban J connectivity index is 2.05. The molecule has 0 unspecified atom stereocenters. The summed E-state index contributed by atoms with van der Waals surface area (Å²) < 4.78 is 5.25. The normalized spacial score (nSPS) is 11.0. The Labute approximate surface area is 108 Å². The first kappa shape index (κ1) is 11.5. The number of nitrogens with one attached hydrogen (secondary N) is 1. The fraction of sp³-hybridized carbons (Fsp3) is 0.154. The molecule has 6 nitrogen and oxygen atoms in total. The largest absolute Gasteiger partial charge is 0.481 e. The van der Waals surface area contributed by atoms with Gasteiger partial charge >= 0.3 is 5.97 Å². The minimum Gasteiger partial charge on any atom is -0.481 e. The Morgan fingerprint density at radius 2 is 2.32 bits per heavy atom. The topological polar surface area (TPSA) is 92.0 Å². The number of aromatic nitrogens is 3. The highest BCUT2D eigenvalue weighted by Gasteiger charge is 2.14. The maximum atomic E-state index is 10.7. The van der Waals surface area contributed by atoms with Crippen LogP contribution in [-0.4, -0.2) is 26.3 Å². The molecule has 96 valence electrons. The van der Waals surface area contributed by atoms with Crippen LogP contribution in [0.25, 0.3) is 22.4 Å². The van der Waals surface area contributed by atoms with Gasteiger partial charge in [0.1, 0.15) is 5.52 Å². The number of carboxylic acids is 1. The molecule has 0 bridgehead atoms. The number of oxazole rings is 1. The molecule has 0 spiro atoms. The average Bonchev–Trinajstić information content (AvgIpc) is 2.96. The number of aromatic amines is 1. The monoisotopic (exact) mass is 257 g/mol. The molecule has 2 heterocycles. The van der Waals surface area contributed by atoms with Gasteiger partial charge in [0.15, 0.2) is 12.0 Å². The van der Waals surface area contributed by atoms with Crippen LogP contribution in [-0.2, 0) is 11.2 Å². The highest BCUT2D eigenvalue weighted by atomic mass is 16.4. The van der Waals surface area contributed by atoms with Crippen molar-refractivity contribution < 1.29 is 14.3 Å². The second kappa shape index (κ2) is 4.24. The second-order valence-corrected chi connectivity index (χ2v) is 4.28. The van der Waals surface area contributed by atoms with Gasteiger partial charge in [0.25, 0.3) is 0 Å². The van der Waals surface area contributed by atoms with Crippen LogP contribution in [0.5, 0.6) is 0 Å². The molecule has 0 amide bonds. The number of benzene rings is 1. The summed E-state index contributed by atoms with van der Waals surface area (Å²) in [6, 6.07) is 5.58. The third kappa shape index (κ3) is 1.97. The second-order valence-electron chi connectivity index (χ2n) is 4.28. The minimum absolute atomic E-state index is 0.0661. The zero-order chi connectivity index (χ0) is 13.4. The lowest BCUT2D eigenvalue weighted by Crippen LogP contribution is -2.01. The van der Waals surface area contributed by atoms with E-state index in [-0.39, 0.29) is 6.42 Å². The zero-order valence-corrected chi connectivity index (χ0v) is 10.2. The van der Waals surface area contributed by atoms with Crippen LogP contribution in [0.15, 0.2) is 29.0 Å². The van der Waals surface area contributed by atoms with Crippen LogP contribution < -0.4 is 0 Å². The summed E-state index contributed by atoms with van der Waals surface area (Å²) >= 11 is 0. The SMILES string of the molecule is Cc1c(-c2ccc3ncoc3c2)n[nH]c1CC(=O)O. The van der Waals surface area contributed by atoms with Crippen LogP contribution in [0.1, 0.15) is 11.3 Å². The van der Waals surface area contributed by atoms with Gasteiger partial charge in [-0.15, -0.1) is 0 Å². The molecule has 0 radical (unpaired) electrons. The van der Waals surface area contributed by atoms with E-state index in [1.807, 2.05) is 25.1 Å². The smallest absolute Gasteiger partial charge is 0.309 e. The lowest BCUT2D eigenvalue weighted by Gasteiger charge is -1.99. The summed E-state index contributed by atoms with van der Waals surface area (Å²) in [6.45, 7) is 1.85. The van der Waals surface area contributed by atoms with E-state index in [2.05, 4.69) is 15.2 Å². The fourth-order valence-electron chi connectivity index (χ4n) is 2.04. The number of fused-ring (bicyclic) bond motifs is 1. The van der Waals surface area contributed by atoms with E-state index >= 15 is 0 Å². The first-order chi connectivity index (χ1) is 9.15. The van der Waals surface area contributed by atoms with Gasteiger partial charge in [-0.25, -0.2) is 4.98 Å². The van der Waals surface area contributed by atoms with Gasteiger partial charge in [-0.05, 0) is 24.6 Å². The first-order valence-corrected chi connectivity index (χ1v) is 5.74. The number of carbonyl (C=O) groups is 1. The molecule has 0 aliphatic carbocycles. The summed E-state index contributed by atoms with van der Waals surface area (Å²) in [5, 5.41) is 15.8. The highest BCUT2D eigenvalue weighted by Crippen LogP contribution is 2.26. The highest BCUT2D eigenvalue weighted by molar-refractivity contribution is 5.80. The van der Waals surface area contributed by atoms with Crippen LogP contribution in [0, 0.1) is 6.92 Å². The predicted octanol–water partition coefficient (Wildman–Crippen LogP) is 2.15. The van der Waals surface area contributed by atoms with E-state index in [9.17, 15) is 4.79 Å². The van der Waals surface area contributed by atoms with Crippen molar-refractivity contribution in [3.05, 3.63) is 35.9 Å². The predicted molar refractivity (Wildman–Crippen MR) is 67.7 cm³/mol. The van der Waals surface area contributed by atoms with Gasteiger partial charge in [0.2, 0.25) is 0 Å². The number of nitrogens with zero attached hydrogens (tertiary/aromatic N) is 2. The van der Waals surface area contributed by atoms with Crippen LogP contribution in [0.3, 0.4) is 0 Å². The first-order valence-electron chi connectivity index (χ1n) is 5.74. The van der Waals surface area contributed by atoms with Crippen molar-refractivity contribution in [1.82, 2.24) is 15.2 Å². The third-order valence-corrected chi connectivity index (χ3v) is 3.04. The van der Waals surface area contributed by atoms with Gasteiger partial charge in [-0.2, -0.15) is 5.10 Å². The Kier molecular flexibility index (Phi) is 2.56. The van der Waals surface area contributed by atoms with Crippen molar-refractivity contribution in [2.24, 2.45) is 0 Å². The number of rotatable bonds is 3. The molecular weight excluding hydrogens is 246 g/mol. The average molecular weight is 257 g/mol. The molecule has 3 aromatic rings. The van der Waals surface area contributed by atoms with Crippen molar-refractivity contribution >= 4 is 17.1 Å². The van der Waals surface area contributed by atoms with Crippen LogP contribution in [0.4, 0.5) is 0 Å². The molecule has 0 aliphatic rings. The molecule has 0 saturated heterocycles. The van der Waals surface area contributed by atoms with Gasteiger partial charge in [-0.3, -0.25) is 9.89 Å². The van der Waals surface area contributed by atoms with E-state index in [0.29, 0.717) is 11.3 Å². The van der Waals surface area contributed by atoms with Crippen LogP contribution >= 0.6 is 0 Å². The standard InChI is InChI=1S/C13H11N3O3/c1-7-10(5-12(17)18)15-16-13(7)8-2-3-9-11(4-8)19-6-14-9/h2-4,6H,5H2,1H3,(H,15,16)(H,17,18). The Morgan fingerprint density at radius 3 is 3.11 bits per heavy atom. The van der Waals surface area contributed by atoms with E-state index in [0.717, 1.165) is 22.3 Å². The number of hydrogen-bond acceptors (Lipinski definition) is 4. The zero-order valence-electron chi connectivity index (χ0n) is 10.2. The van der Waals surface area contributed by atoms with Crippen molar-refractivity contribution in [3.8, 4) is 11.3 Å². The Morgan fingerprint density at radius 1 is 1.47 bits per heavy atom. The van der Waals surface area contributed by atoms with E-state index in [1.165, 1.54) is 6.39 Å². The molecular formula is C13H11N3O3. The maximum Gasteiger partial charge on any atom is 0.309 e.